The molecule has 0 amide bonds. The number of nitrogens with one attached hydrogen (secondary N) is 2. The van der Waals surface area contributed by atoms with E-state index in [1.807, 2.05) is 49.5 Å². The Bertz CT molecular complexity index is 1410. The summed E-state index contributed by atoms with van der Waals surface area (Å²) >= 11 is 5.92. The highest BCUT2D eigenvalue weighted by atomic mass is 32.2. The van der Waals surface area contributed by atoms with Crippen LogP contribution in [0, 0.1) is 20.8 Å². The summed E-state index contributed by atoms with van der Waals surface area (Å²) in [6.07, 6.45) is 9.31. The summed E-state index contributed by atoms with van der Waals surface area (Å²) in [5.41, 5.74) is 7.05. The first-order valence-corrected chi connectivity index (χ1v) is 15.2. The molecule has 1 saturated carbocycles. The number of anilines is 2. The Hall–Kier alpha value is -2.91. The zero-order chi connectivity index (χ0) is 26.3. The van der Waals surface area contributed by atoms with Crippen molar-refractivity contribution < 1.29 is 8.42 Å². The molecule has 0 spiro atoms. The summed E-state index contributed by atoms with van der Waals surface area (Å²) in [6, 6.07) is 14.4. The van der Waals surface area contributed by atoms with Crippen LogP contribution in [0.2, 0.25) is 0 Å². The van der Waals surface area contributed by atoms with Crippen LogP contribution in [0.5, 0.6) is 0 Å². The van der Waals surface area contributed by atoms with Crippen LogP contribution in [-0.2, 0) is 10.0 Å². The van der Waals surface area contributed by atoms with E-state index < -0.39 is 10.0 Å². The highest BCUT2D eigenvalue weighted by molar-refractivity contribution is 7.92. The number of aryl methyl sites for hydroxylation is 2. The summed E-state index contributed by atoms with van der Waals surface area (Å²) in [6.45, 7) is 6.35. The lowest BCUT2D eigenvalue weighted by atomic mass is 9.94. The summed E-state index contributed by atoms with van der Waals surface area (Å²) in [5, 5.41) is 4.18. The van der Waals surface area contributed by atoms with Gasteiger partial charge in [-0.3, -0.25) is 9.71 Å². The number of nitrogens with zero attached hydrogens (tertiary/aromatic N) is 3. The van der Waals surface area contributed by atoms with Crippen LogP contribution in [0.3, 0.4) is 0 Å². The first-order valence-electron chi connectivity index (χ1n) is 12.9. The summed E-state index contributed by atoms with van der Waals surface area (Å²) in [7, 11) is -3.37. The van der Waals surface area contributed by atoms with Gasteiger partial charge in [0.25, 0.3) is 0 Å². The third kappa shape index (κ3) is 5.11. The smallest absolute Gasteiger partial charge is 0.229 e. The average Bonchev–Trinajstić information content (AvgIpc) is 3.35. The second kappa shape index (κ2) is 10.1. The van der Waals surface area contributed by atoms with E-state index in [2.05, 4.69) is 44.4 Å². The molecular weight excluding hydrogens is 502 g/mol. The third-order valence-electron chi connectivity index (χ3n) is 7.66. The molecule has 9 heteroatoms. The lowest BCUT2D eigenvalue weighted by Crippen LogP contribution is -2.29. The Morgan fingerprint density at radius 2 is 1.81 bits per heavy atom. The SMILES string of the molecule is Cc1cc(N2C(=S)N[C@@H](c3ccccn3)[C@@H]2c2cc(C)n(C3CCCCC3)c2C)ccc1NS(C)(=O)=O. The van der Waals surface area contributed by atoms with Crippen molar-refractivity contribution in [1.82, 2.24) is 14.9 Å². The fraction of sp³-hybridized carbons (Fsp3) is 0.429. The quantitative estimate of drug-likeness (QED) is 0.383. The molecule has 2 atom stereocenters. The number of hydrogen-bond donors (Lipinski definition) is 2. The van der Waals surface area contributed by atoms with Gasteiger partial charge < -0.3 is 14.8 Å². The molecule has 0 radical (unpaired) electrons. The van der Waals surface area contributed by atoms with Crippen LogP contribution in [0.15, 0.2) is 48.7 Å². The van der Waals surface area contributed by atoms with Gasteiger partial charge in [-0.25, -0.2) is 8.42 Å². The Balaban J connectivity index is 1.61. The molecule has 2 aliphatic rings. The first-order chi connectivity index (χ1) is 17.6. The topological polar surface area (TPSA) is 79.3 Å². The average molecular weight is 538 g/mol. The monoisotopic (exact) mass is 537 g/mol. The van der Waals surface area contributed by atoms with Gasteiger partial charge >= 0.3 is 0 Å². The number of thiocarbonyl (C=S) groups is 1. The maximum absolute atomic E-state index is 11.8. The molecule has 1 saturated heterocycles. The van der Waals surface area contributed by atoms with E-state index in [4.69, 9.17) is 12.2 Å². The summed E-state index contributed by atoms with van der Waals surface area (Å²) < 4.78 is 28.8. The molecule has 1 aromatic carbocycles. The van der Waals surface area contributed by atoms with E-state index >= 15 is 0 Å². The standard InChI is InChI=1S/C28H35N5O2S2/c1-18-16-22(13-14-24(18)31-37(4,34)35)33-27(26(30-28(33)36)25-12-8-9-15-29-25)23-17-19(2)32(20(23)3)21-10-6-5-7-11-21/h8-9,12-17,21,26-27,31H,5-7,10-11H2,1-4H3,(H,30,36)/t26-,27-/m0/s1. The minimum atomic E-state index is -3.37. The van der Waals surface area contributed by atoms with Gasteiger partial charge in [0, 0.05) is 29.3 Å². The van der Waals surface area contributed by atoms with Crippen molar-refractivity contribution in [2.75, 3.05) is 15.9 Å². The number of pyridine rings is 1. The van der Waals surface area contributed by atoms with Crippen molar-refractivity contribution >= 4 is 38.7 Å². The fourth-order valence-electron chi connectivity index (χ4n) is 6.06. The second-order valence-corrected chi connectivity index (χ2v) is 12.5. The molecule has 0 bridgehead atoms. The van der Waals surface area contributed by atoms with Crippen LogP contribution in [0.4, 0.5) is 11.4 Å². The maximum atomic E-state index is 11.8. The minimum absolute atomic E-state index is 0.0981. The molecule has 1 aliphatic heterocycles. The van der Waals surface area contributed by atoms with Gasteiger partial charge in [0.1, 0.15) is 0 Å². The van der Waals surface area contributed by atoms with Crippen molar-refractivity contribution in [3.63, 3.8) is 0 Å². The molecule has 5 rings (SSSR count). The van der Waals surface area contributed by atoms with E-state index in [-0.39, 0.29) is 12.1 Å². The molecule has 2 N–H and O–H groups in total. The van der Waals surface area contributed by atoms with Crippen molar-refractivity contribution in [1.29, 1.82) is 0 Å². The Kier molecular flexibility index (Phi) is 7.02. The lowest BCUT2D eigenvalue weighted by Gasteiger charge is -2.30. The van der Waals surface area contributed by atoms with Gasteiger partial charge in [0.05, 0.1) is 29.7 Å². The van der Waals surface area contributed by atoms with Crippen LogP contribution < -0.4 is 14.9 Å². The third-order valence-corrected chi connectivity index (χ3v) is 8.57. The fourth-order valence-corrected chi connectivity index (χ4v) is 7.04. The highest BCUT2D eigenvalue weighted by Gasteiger charge is 2.42. The van der Waals surface area contributed by atoms with Gasteiger partial charge in [-0.15, -0.1) is 0 Å². The molecule has 7 nitrogen and oxygen atoms in total. The van der Waals surface area contributed by atoms with Gasteiger partial charge in [0.2, 0.25) is 10.0 Å². The molecule has 1 aliphatic carbocycles. The van der Waals surface area contributed by atoms with Crippen molar-refractivity contribution in [2.24, 2.45) is 0 Å². The molecule has 2 fully saturated rings. The van der Waals surface area contributed by atoms with Gasteiger partial charge in [-0.1, -0.05) is 25.3 Å². The molecular formula is C28H35N5O2S2. The van der Waals surface area contributed by atoms with Crippen LogP contribution >= 0.6 is 12.2 Å². The van der Waals surface area contributed by atoms with Crippen molar-refractivity contribution in [2.45, 2.75) is 71.0 Å². The molecule has 196 valence electrons. The molecule has 3 heterocycles. The Morgan fingerprint density at radius 1 is 1.05 bits per heavy atom. The number of hydrogen-bond acceptors (Lipinski definition) is 4. The highest BCUT2D eigenvalue weighted by Crippen LogP contribution is 2.45. The number of benzene rings is 1. The largest absolute Gasteiger partial charge is 0.351 e. The van der Waals surface area contributed by atoms with Crippen molar-refractivity contribution in [3.05, 3.63) is 76.9 Å². The zero-order valence-corrected chi connectivity index (χ0v) is 23.5. The second-order valence-electron chi connectivity index (χ2n) is 10.4. The maximum Gasteiger partial charge on any atom is 0.229 e. The van der Waals surface area contributed by atoms with Crippen LogP contribution in [0.1, 0.15) is 78.4 Å². The van der Waals surface area contributed by atoms with E-state index in [1.165, 1.54) is 49.1 Å². The van der Waals surface area contributed by atoms with E-state index in [9.17, 15) is 8.42 Å². The number of sulfonamides is 1. The summed E-state index contributed by atoms with van der Waals surface area (Å²) in [5.74, 6) is 0. The normalized spacial score (nSPS) is 20.8. The summed E-state index contributed by atoms with van der Waals surface area (Å²) in [4.78, 5) is 6.85. The van der Waals surface area contributed by atoms with E-state index in [0.717, 1.165) is 23.2 Å². The number of rotatable bonds is 6. The lowest BCUT2D eigenvalue weighted by molar-refractivity contribution is 0.345. The first kappa shape index (κ1) is 25.7. The number of aromatic nitrogens is 2. The van der Waals surface area contributed by atoms with Crippen molar-refractivity contribution in [3.8, 4) is 0 Å². The molecule has 3 aromatic rings. The predicted molar refractivity (Wildman–Crippen MR) is 154 cm³/mol. The van der Waals surface area contributed by atoms with Gasteiger partial charge in [0.15, 0.2) is 5.11 Å². The minimum Gasteiger partial charge on any atom is -0.351 e. The molecule has 2 aromatic heterocycles. The van der Waals surface area contributed by atoms with E-state index in [1.54, 1.807) is 0 Å². The van der Waals surface area contributed by atoms with E-state index in [0.29, 0.717) is 16.8 Å². The predicted octanol–water partition coefficient (Wildman–Crippen LogP) is 5.86. The Morgan fingerprint density at radius 3 is 2.46 bits per heavy atom. The van der Waals surface area contributed by atoms with Crippen LogP contribution in [0.25, 0.3) is 0 Å². The molecule has 37 heavy (non-hydrogen) atoms. The van der Waals surface area contributed by atoms with Gasteiger partial charge in [-0.05, 0) is 93.4 Å². The molecule has 0 unspecified atom stereocenters. The Labute approximate surface area is 225 Å². The zero-order valence-electron chi connectivity index (χ0n) is 21.9. The van der Waals surface area contributed by atoms with Gasteiger partial charge in [-0.2, -0.15) is 0 Å². The van der Waals surface area contributed by atoms with Crippen LogP contribution in [-0.4, -0.2) is 29.3 Å².